The molecular formula is C51H79NO13. The number of nitrogens with zero attached hydrogens (tertiary/aromatic N) is 1. The number of cyclic esters (lactones) is 1. The second kappa shape index (κ2) is 25.1. The fraction of sp³-hybridized carbons (Fsp3) is 0.745. The summed E-state index contributed by atoms with van der Waals surface area (Å²) in [5, 5.41) is 33.8. The van der Waals surface area contributed by atoms with Crippen molar-refractivity contribution in [3.05, 3.63) is 47.6 Å². The Balaban J connectivity index is 1.70. The van der Waals surface area contributed by atoms with Crippen molar-refractivity contribution >= 4 is 29.2 Å². The van der Waals surface area contributed by atoms with Crippen LogP contribution in [0.15, 0.2) is 47.6 Å². The van der Waals surface area contributed by atoms with Gasteiger partial charge in [0, 0.05) is 58.5 Å². The maximum absolute atomic E-state index is 14.4. The summed E-state index contributed by atoms with van der Waals surface area (Å²) in [5.41, 5.74) is 1.27. The number of esters is 1. The third-order valence-corrected chi connectivity index (χ3v) is 14.5. The minimum Gasteiger partial charge on any atom is -0.460 e. The van der Waals surface area contributed by atoms with E-state index < -0.39 is 83.9 Å². The van der Waals surface area contributed by atoms with Gasteiger partial charge in [-0.3, -0.25) is 19.2 Å². The molecule has 9 unspecified atom stereocenters. The number of carbonyl (C=O) groups excluding carboxylic acids is 5. The minimum atomic E-state index is -2.43. The molecule has 3 heterocycles. The maximum Gasteiger partial charge on any atom is 0.329 e. The fourth-order valence-corrected chi connectivity index (χ4v) is 10.1. The van der Waals surface area contributed by atoms with Crippen molar-refractivity contribution in [2.24, 2.45) is 35.5 Å². The van der Waals surface area contributed by atoms with Crippen LogP contribution in [0, 0.1) is 35.5 Å². The zero-order valence-electron chi connectivity index (χ0n) is 40.6. The molecule has 0 aromatic carbocycles. The van der Waals surface area contributed by atoms with Gasteiger partial charge in [0.05, 0.1) is 24.4 Å². The highest BCUT2D eigenvalue weighted by atomic mass is 16.6. The molecule has 1 amide bonds. The average Bonchev–Trinajstić information content (AvgIpc) is 3.28. The first-order valence-electron chi connectivity index (χ1n) is 23.9. The van der Waals surface area contributed by atoms with E-state index in [0.717, 1.165) is 12.0 Å². The van der Waals surface area contributed by atoms with Gasteiger partial charge in [-0.25, -0.2) is 4.79 Å². The van der Waals surface area contributed by atoms with Crippen molar-refractivity contribution in [2.75, 3.05) is 27.9 Å². The maximum atomic E-state index is 14.4. The molecule has 14 heteroatoms. The molecule has 0 aromatic rings. The Labute approximate surface area is 387 Å². The van der Waals surface area contributed by atoms with Gasteiger partial charge < -0.3 is 43.9 Å². The summed E-state index contributed by atoms with van der Waals surface area (Å²) in [4.78, 5) is 71.8. The van der Waals surface area contributed by atoms with Crippen LogP contribution in [0.1, 0.15) is 126 Å². The Kier molecular flexibility index (Phi) is 21.0. The number of rotatable bonds is 6. The summed E-state index contributed by atoms with van der Waals surface area (Å²) in [6.07, 6.45) is 11.2. The standard InChI is InChI=1S/C51H79NO13/c1-30-16-12-11-13-17-31(2)42(61-8)28-38-21-19-36(7)51(60,65-38)48(57)49(58)52-23-15-14-18-39(52)50(59)64-43(33(4)26-37-20-22-40(53)44(27-37)62-9)29-41(54)32(3)25-35(6)46(56)47(63-10)45(55)34(5)24-30/h11-13,16-17,25,30,32-34,36-40,42-44,46-47,53,56,60H,14-15,18-24,26-29H2,1-10H3/b13-11+,16-12+,31-17+,35-25+/t30-,32?,33?,34?,36?,37?,38+,39?,40-,42+,43+,44?,46-,47?,51?/m1/s1. The van der Waals surface area contributed by atoms with Gasteiger partial charge in [0.1, 0.15) is 30.1 Å². The first-order valence-corrected chi connectivity index (χ1v) is 23.9. The van der Waals surface area contributed by atoms with Gasteiger partial charge in [-0.05, 0) is 107 Å². The average molecular weight is 914 g/mol. The Morgan fingerprint density at radius 1 is 0.846 bits per heavy atom. The highest BCUT2D eigenvalue weighted by Gasteiger charge is 2.53. The van der Waals surface area contributed by atoms with Gasteiger partial charge in [0.15, 0.2) is 5.78 Å². The van der Waals surface area contributed by atoms with Crippen LogP contribution in [-0.2, 0) is 47.7 Å². The Bertz CT molecular complexity index is 1760. The monoisotopic (exact) mass is 914 g/mol. The van der Waals surface area contributed by atoms with E-state index in [9.17, 15) is 39.3 Å². The molecule has 14 nitrogen and oxygen atoms in total. The second-order valence-corrected chi connectivity index (χ2v) is 19.6. The number of methoxy groups -OCH3 is 3. The number of allylic oxidation sites excluding steroid dienone is 6. The molecule has 4 aliphatic rings. The van der Waals surface area contributed by atoms with Crippen molar-refractivity contribution < 1.29 is 63.0 Å². The number of hydrogen-bond donors (Lipinski definition) is 3. The number of ketones is 3. The molecule has 2 bridgehead atoms. The van der Waals surface area contributed by atoms with E-state index >= 15 is 0 Å². The molecule has 3 fully saturated rings. The Morgan fingerprint density at radius 3 is 2.25 bits per heavy atom. The number of carbonyl (C=O) groups is 5. The molecule has 0 spiro atoms. The fourth-order valence-electron chi connectivity index (χ4n) is 10.1. The smallest absolute Gasteiger partial charge is 0.329 e. The quantitative estimate of drug-likeness (QED) is 0.156. The molecule has 1 aliphatic carbocycles. The van der Waals surface area contributed by atoms with E-state index in [1.165, 1.54) is 12.0 Å². The van der Waals surface area contributed by atoms with E-state index in [1.807, 2.05) is 58.1 Å². The molecule has 4 rings (SSSR count). The van der Waals surface area contributed by atoms with E-state index in [0.29, 0.717) is 63.4 Å². The topological polar surface area (TPSA) is 195 Å². The van der Waals surface area contributed by atoms with Crippen LogP contribution >= 0.6 is 0 Å². The number of piperidine rings is 1. The van der Waals surface area contributed by atoms with Crippen LogP contribution in [-0.4, -0.2) is 132 Å². The molecule has 3 N–H and O–H groups in total. The lowest BCUT2D eigenvalue weighted by atomic mass is 9.78. The highest BCUT2D eigenvalue weighted by molar-refractivity contribution is 6.39. The lowest BCUT2D eigenvalue weighted by molar-refractivity contribution is -0.265. The van der Waals surface area contributed by atoms with Crippen molar-refractivity contribution in [1.29, 1.82) is 0 Å². The molecule has 65 heavy (non-hydrogen) atoms. The van der Waals surface area contributed by atoms with Crippen LogP contribution in [0.25, 0.3) is 0 Å². The van der Waals surface area contributed by atoms with E-state index in [4.69, 9.17) is 23.7 Å². The van der Waals surface area contributed by atoms with Crippen molar-refractivity contribution in [3.63, 3.8) is 0 Å². The summed E-state index contributed by atoms with van der Waals surface area (Å²) in [5.74, 6) is -7.96. The van der Waals surface area contributed by atoms with Crippen molar-refractivity contribution in [2.45, 2.75) is 180 Å². The zero-order chi connectivity index (χ0) is 48.2. The molecule has 15 atom stereocenters. The Hall–Kier alpha value is -3.37. The van der Waals surface area contributed by atoms with Gasteiger partial charge in [-0.15, -0.1) is 0 Å². The summed E-state index contributed by atoms with van der Waals surface area (Å²) >= 11 is 0. The number of ether oxygens (including phenoxy) is 5. The van der Waals surface area contributed by atoms with Crippen LogP contribution in [0.3, 0.4) is 0 Å². The van der Waals surface area contributed by atoms with Crippen LogP contribution in [0.5, 0.6) is 0 Å². The predicted octanol–water partition coefficient (Wildman–Crippen LogP) is 6.18. The van der Waals surface area contributed by atoms with Crippen molar-refractivity contribution in [3.8, 4) is 0 Å². The van der Waals surface area contributed by atoms with Gasteiger partial charge in [-0.1, -0.05) is 71.1 Å². The van der Waals surface area contributed by atoms with Crippen molar-refractivity contribution in [1.82, 2.24) is 4.90 Å². The third kappa shape index (κ3) is 14.3. The van der Waals surface area contributed by atoms with Gasteiger partial charge >= 0.3 is 5.97 Å². The normalized spacial score (nSPS) is 40.4. The Morgan fingerprint density at radius 2 is 1.57 bits per heavy atom. The van der Waals surface area contributed by atoms with Gasteiger partial charge in [-0.2, -0.15) is 0 Å². The molecule has 0 aromatic heterocycles. The summed E-state index contributed by atoms with van der Waals surface area (Å²) in [6, 6.07) is -1.14. The molecular weight excluding hydrogens is 835 g/mol. The summed E-state index contributed by atoms with van der Waals surface area (Å²) in [6.45, 7) is 12.7. The molecule has 366 valence electrons. The predicted molar refractivity (Wildman–Crippen MR) is 245 cm³/mol. The number of hydrogen-bond acceptors (Lipinski definition) is 13. The highest BCUT2D eigenvalue weighted by Crippen LogP contribution is 2.38. The second-order valence-electron chi connectivity index (χ2n) is 19.6. The minimum absolute atomic E-state index is 0.0193. The van der Waals surface area contributed by atoms with Crippen LogP contribution < -0.4 is 0 Å². The third-order valence-electron chi connectivity index (χ3n) is 14.5. The number of aliphatic hydroxyl groups is 3. The summed E-state index contributed by atoms with van der Waals surface area (Å²) < 4.78 is 29.4. The van der Waals surface area contributed by atoms with Crippen LogP contribution in [0.2, 0.25) is 0 Å². The summed E-state index contributed by atoms with van der Waals surface area (Å²) in [7, 11) is 4.52. The number of aliphatic hydroxyl groups excluding tert-OH is 2. The molecule has 0 radical (unpaired) electrons. The number of Topliss-reactive ketones (excluding diaryl/α,β-unsaturated/α-hetero) is 3. The number of fused-ring (bicyclic) bond motifs is 3. The van der Waals surface area contributed by atoms with Gasteiger partial charge in [0.2, 0.25) is 5.79 Å². The zero-order valence-corrected chi connectivity index (χ0v) is 40.6. The van der Waals surface area contributed by atoms with E-state index in [1.54, 1.807) is 41.1 Å². The first kappa shape index (κ1) is 54.2. The van der Waals surface area contributed by atoms with Gasteiger partial charge in [0.25, 0.3) is 11.7 Å². The van der Waals surface area contributed by atoms with E-state index in [-0.39, 0.29) is 54.8 Å². The molecule has 2 saturated heterocycles. The SMILES string of the molecule is COC1CC(CC(C)[C@@H]2CC(=O)C(C)/C=C(\C)[C@@H](O)C(OC)C(=O)C(C)C[C@H](C)/C=C/C=C/C=C(\C)[C@@H](OC)C[C@@H]3CCC(C)C(O)(O3)C(=O)C(=O)N3CCCCC3C(=O)O2)CC[C@H]1O. The van der Waals surface area contributed by atoms with Crippen LogP contribution in [0.4, 0.5) is 0 Å². The lowest BCUT2D eigenvalue weighted by Gasteiger charge is -2.42. The first-order chi connectivity index (χ1) is 30.7. The van der Waals surface area contributed by atoms with E-state index in [2.05, 4.69) is 0 Å². The molecule has 3 aliphatic heterocycles. The number of amides is 1. The lowest BCUT2D eigenvalue weighted by Crippen LogP contribution is -2.61. The largest absolute Gasteiger partial charge is 0.460 e. The molecule has 1 saturated carbocycles.